The van der Waals surface area contributed by atoms with Gasteiger partial charge in [-0.05, 0) is 36.8 Å². The van der Waals surface area contributed by atoms with Gasteiger partial charge in [0, 0.05) is 12.5 Å². The summed E-state index contributed by atoms with van der Waals surface area (Å²) < 4.78 is 18.8. The fourth-order valence-electron chi connectivity index (χ4n) is 3.06. The number of carbonyl (C=O) groups is 2. The van der Waals surface area contributed by atoms with Gasteiger partial charge in [0.15, 0.2) is 11.5 Å². The highest BCUT2D eigenvalue weighted by atomic mass is 19.1. The Morgan fingerprint density at radius 1 is 1.23 bits per heavy atom. The van der Waals surface area contributed by atoms with E-state index in [-0.39, 0.29) is 29.6 Å². The van der Waals surface area contributed by atoms with Crippen LogP contribution in [-0.4, -0.2) is 21.7 Å². The quantitative estimate of drug-likeness (QED) is 0.882. The standard InChI is InChI=1S/C20H20FNO4/c1-11(2)18(23)16-17(15-9-4-12(3)26-15)22(20(25)19(16)24)10-13-5-7-14(21)8-6-13/h4-9,11,17,24H,10H2,1-3H3. The van der Waals surface area contributed by atoms with E-state index in [2.05, 4.69) is 0 Å². The number of halogens is 1. The number of ketones is 1. The second kappa shape index (κ2) is 6.78. The molecule has 1 aromatic carbocycles. The summed E-state index contributed by atoms with van der Waals surface area (Å²) in [6.07, 6.45) is 0. The van der Waals surface area contributed by atoms with E-state index in [4.69, 9.17) is 4.42 Å². The van der Waals surface area contributed by atoms with E-state index in [0.29, 0.717) is 17.1 Å². The van der Waals surface area contributed by atoms with Crippen molar-refractivity contribution < 1.29 is 23.5 Å². The number of hydrogen-bond acceptors (Lipinski definition) is 4. The van der Waals surface area contributed by atoms with Crippen LogP contribution in [0.2, 0.25) is 0 Å². The molecule has 1 aliphatic rings. The van der Waals surface area contributed by atoms with E-state index in [0.717, 1.165) is 0 Å². The Bertz CT molecular complexity index is 879. The lowest BCUT2D eigenvalue weighted by molar-refractivity contribution is -0.130. The summed E-state index contributed by atoms with van der Waals surface area (Å²) in [7, 11) is 0. The van der Waals surface area contributed by atoms with Gasteiger partial charge in [0.1, 0.15) is 23.4 Å². The maximum atomic E-state index is 13.2. The van der Waals surface area contributed by atoms with E-state index in [1.165, 1.54) is 17.0 Å². The van der Waals surface area contributed by atoms with Crippen molar-refractivity contribution in [3.8, 4) is 0 Å². The van der Waals surface area contributed by atoms with Gasteiger partial charge in [-0.2, -0.15) is 0 Å². The lowest BCUT2D eigenvalue weighted by Crippen LogP contribution is -2.31. The predicted molar refractivity (Wildman–Crippen MR) is 92.6 cm³/mol. The zero-order valence-corrected chi connectivity index (χ0v) is 14.8. The van der Waals surface area contributed by atoms with Crippen LogP contribution < -0.4 is 0 Å². The number of hydrogen-bond donors (Lipinski definition) is 1. The summed E-state index contributed by atoms with van der Waals surface area (Å²) in [5.74, 6) is -1.22. The molecule has 0 spiro atoms. The van der Waals surface area contributed by atoms with Gasteiger partial charge in [-0.15, -0.1) is 0 Å². The molecule has 0 saturated heterocycles. The van der Waals surface area contributed by atoms with Crippen molar-refractivity contribution in [3.63, 3.8) is 0 Å². The Labute approximate surface area is 150 Å². The van der Waals surface area contributed by atoms with E-state index in [9.17, 15) is 19.1 Å². The minimum Gasteiger partial charge on any atom is -0.503 e. The SMILES string of the molecule is Cc1ccc(C2C(C(=O)C(C)C)=C(O)C(=O)N2Cc2ccc(F)cc2)o1. The van der Waals surface area contributed by atoms with Gasteiger partial charge in [-0.1, -0.05) is 26.0 Å². The number of rotatable bonds is 5. The number of benzene rings is 1. The van der Waals surface area contributed by atoms with Crippen molar-refractivity contribution in [1.82, 2.24) is 4.90 Å². The summed E-state index contributed by atoms with van der Waals surface area (Å²) in [6.45, 7) is 5.29. The molecule has 2 heterocycles. The van der Waals surface area contributed by atoms with Gasteiger partial charge < -0.3 is 14.4 Å². The summed E-state index contributed by atoms with van der Waals surface area (Å²) in [6, 6.07) is 8.35. The van der Waals surface area contributed by atoms with Crippen molar-refractivity contribution in [2.24, 2.45) is 5.92 Å². The fourth-order valence-corrected chi connectivity index (χ4v) is 3.06. The lowest BCUT2D eigenvalue weighted by Gasteiger charge is -2.25. The number of aryl methyl sites for hydroxylation is 1. The molecule has 5 nitrogen and oxygen atoms in total. The molecule has 0 saturated carbocycles. The van der Waals surface area contributed by atoms with Crippen molar-refractivity contribution in [2.45, 2.75) is 33.4 Å². The van der Waals surface area contributed by atoms with Gasteiger partial charge in [0.25, 0.3) is 5.91 Å². The van der Waals surface area contributed by atoms with Crippen LogP contribution in [0.3, 0.4) is 0 Å². The van der Waals surface area contributed by atoms with Crippen LogP contribution in [0.25, 0.3) is 0 Å². The molecule has 1 aromatic heterocycles. The molecule has 0 bridgehead atoms. The molecule has 1 aliphatic heterocycles. The highest BCUT2D eigenvalue weighted by Gasteiger charge is 2.45. The van der Waals surface area contributed by atoms with Crippen molar-refractivity contribution in [2.75, 3.05) is 0 Å². The van der Waals surface area contributed by atoms with Gasteiger partial charge in [-0.25, -0.2) is 4.39 Å². The smallest absolute Gasteiger partial charge is 0.290 e. The van der Waals surface area contributed by atoms with Gasteiger partial charge >= 0.3 is 0 Å². The molecule has 1 N–H and O–H groups in total. The monoisotopic (exact) mass is 357 g/mol. The van der Waals surface area contributed by atoms with E-state index in [1.54, 1.807) is 45.0 Å². The van der Waals surface area contributed by atoms with Crippen LogP contribution in [-0.2, 0) is 16.1 Å². The third kappa shape index (κ3) is 3.14. The average molecular weight is 357 g/mol. The Morgan fingerprint density at radius 2 is 1.88 bits per heavy atom. The van der Waals surface area contributed by atoms with Gasteiger partial charge in [0.05, 0.1) is 5.57 Å². The van der Waals surface area contributed by atoms with Crippen LogP contribution in [0.4, 0.5) is 4.39 Å². The number of nitrogens with zero attached hydrogens (tertiary/aromatic N) is 1. The largest absolute Gasteiger partial charge is 0.503 e. The first-order valence-electron chi connectivity index (χ1n) is 8.38. The molecule has 2 aromatic rings. The highest BCUT2D eigenvalue weighted by molar-refractivity contribution is 6.09. The normalized spacial score (nSPS) is 17.5. The molecule has 136 valence electrons. The molecule has 26 heavy (non-hydrogen) atoms. The van der Waals surface area contributed by atoms with E-state index in [1.807, 2.05) is 0 Å². The number of furan rings is 1. The van der Waals surface area contributed by atoms with Gasteiger partial charge in [0.2, 0.25) is 0 Å². The van der Waals surface area contributed by atoms with Crippen LogP contribution in [0.15, 0.2) is 52.1 Å². The molecule has 3 rings (SSSR count). The number of aliphatic hydroxyl groups excluding tert-OH is 1. The van der Waals surface area contributed by atoms with Crippen molar-refractivity contribution in [1.29, 1.82) is 0 Å². The lowest BCUT2D eigenvalue weighted by atomic mass is 9.94. The first-order valence-corrected chi connectivity index (χ1v) is 8.38. The highest BCUT2D eigenvalue weighted by Crippen LogP contribution is 2.40. The van der Waals surface area contributed by atoms with E-state index < -0.39 is 17.7 Å². The molecule has 6 heteroatoms. The minimum absolute atomic E-state index is 0.0430. The Hall–Kier alpha value is -2.89. The summed E-state index contributed by atoms with van der Waals surface area (Å²) in [5, 5.41) is 10.4. The Morgan fingerprint density at radius 3 is 2.42 bits per heavy atom. The second-order valence-electron chi connectivity index (χ2n) is 6.69. The molecule has 1 unspecified atom stereocenters. The summed E-state index contributed by atoms with van der Waals surface area (Å²) >= 11 is 0. The molecular formula is C20H20FNO4. The maximum absolute atomic E-state index is 13.2. The maximum Gasteiger partial charge on any atom is 0.290 e. The van der Waals surface area contributed by atoms with Crippen molar-refractivity contribution in [3.05, 3.63) is 70.6 Å². The number of Topliss-reactive ketones (excluding diaryl/α,β-unsaturated/α-hetero) is 1. The predicted octanol–water partition coefficient (Wildman–Crippen LogP) is 3.85. The zero-order chi connectivity index (χ0) is 19.0. The topological polar surface area (TPSA) is 70.8 Å². The van der Waals surface area contributed by atoms with Crippen LogP contribution in [0.1, 0.15) is 37.0 Å². The summed E-state index contributed by atoms with van der Waals surface area (Å²) in [4.78, 5) is 26.7. The minimum atomic E-state index is -0.809. The molecule has 0 fully saturated rings. The molecule has 1 atom stereocenters. The Kier molecular flexibility index (Phi) is 4.68. The third-order valence-corrected chi connectivity index (χ3v) is 4.39. The second-order valence-corrected chi connectivity index (χ2v) is 6.69. The Balaban J connectivity index is 2.04. The molecule has 1 amide bonds. The molecule has 0 aliphatic carbocycles. The van der Waals surface area contributed by atoms with Crippen molar-refractivity contribution >= 4 is 11.7 Å². The van der Waals surface area contributed by atoms with E-state index >= 15 is 0 Å². The van der Waals surface area contributed by atoms with Crippen LogP contribution in [0.5, 0.6) is 0 Å². The van der Waals surface area contributed by atoms with Gasteiger partial charge in [-0.3, -0.25) is 9.59 Å². The number of carbonyl (C=O) groups excluding carboxylic acids is 2. The molecule has 0 radical (unpaired) electrons. The summed E-state index contributed by atoms with van der Waals surface area (Å²) in [5.41, 5.74) is 0.723. The fraction of sp³-hybridized carbons (Fsp3) is 0.300. The average Bonchev–Trinajstić information content (AvgIpc) is 3.12. The zero-order valence-electron chi connectivity index (χ0n) is 14.8. The third-order valence-electron chi connectivity index (χ3n) is 4.39. The number of amides is 1. The molecular weight excluding hydrogens is 337 g/mol. The number of aliphatic hydroxyl groups is 1. The van der Waals surface area contributed by atoms with Crippen LogP contribution >= 0.6 is 0 Å². The first kappa shape index (κ1) is 17.9. The first-order chi connectivity index (χ1) is 12.3. The van der Waals surface area contributed by atoms with Crippen LogP contribution in [0, 0.1) is 18.7 Å².